The van der Waals surface area contributed by atoms with Crippen LogP contribution in [-0.2, 0) is 38.8 Å². The Morgan fingerprint density at radius 2 is 1.15 bits per heavy atom. The van der Waals surface area contributed by atoms with Crippen molar-refractivity contribution in [3.05, 3.63) is 138 Å². The van der Waals surface area contributed by atoms with Crippen LogP contribution in [0.2, 0.25) is 0 Å². The summed E-state index contributed by atoms with van der Waals surface area (Å²) in [6.45, 7) is 3.79. The van der Waals surface area contributed by atoms with Crippen LogP contribution in [0.3, 0.4) is 0 Å². The third-order valence-electron chi connectivity index (χ3n) is 6.83. The van der Waals surface area contributed by atoms with E-state index in [0.717, 1.165) is 21.6 Å². The summed E-state index contributed by atoms with van der Waals surface area (Å²) in [6, 6.07) is 38.9. The van der Waals surface area contributed by atoms with Crippen molar-refractivity contribution in [2.45, 2.75) is 60.8 Å². The first-order valence-electron chi connectivity index (χ1n) is 13.6. The SMILES string of the molecule is Cc1ccc(S[C@@H]2[C@@H](OCc3ccccc3)[C@@H](OCc3ccccc3)[C@@H](COCc3ccccc3)O[C@H]2Cl)cc1. The lowest BCUT2D eigenvalue weighted by Crippen LogP contribution is -2.58. The molecule has 0 saturated carbocycles. The van der Waals surface area contributed by atoms with Crippen molar-refractivity contribution in [1.29, 1.82) is 0 Å². The molecule has 0 amide bonds. The Morgan fingerprint density at radius 1 is 0.650 bits per heavy atom. The smallest absolute Gasteiger partial charge is 0.146 e. The molecule has 1 aliphatic rings. The molecule has 1 heterocycles. The Hall–Kier alpha value is -2.64. The van der Waals surface area contributed by atoms with Crippen LogP contribution in [-0.4, -0.2) is 35.7 Å². The zero-order valence-corrected chi connectivity index (χ0v) is 24.2. The fourth-order valence-electron chi connectivity index (χ4n) is 4.69. The Kier molecular flexibility index (Phi) is 10.7. The lowest BCUT2D eigenvalue weighted by molar-refractivity contribution is -0.202. The Labute approximate surface area is 246 Å². The van der Waals surface area contributed by atoms with E-state index in [9.17, 15) is 0 Å². The van der Waals surface area contributed by atoms with Gasteiger partial charge in [-0.3, -0.25) is 0 Å². The molecule has 6 heteroatoms. The van der Waals surface area contributed by atoms with Crippen molar-refractivity contribution in [3.8, 4) is 0 Å². The van der Waals surface area contributed by atoms with Crippen molar-refractivity contribution in [2.75, 3.05) is 6.61 Å². The molecule has 4 nitrogen and oxygen atoms in total. The number of hydrogen-bond acceptors (Lipinski definition) is 5. The maximum Gasteiger partial charge on any atom is 0.146 e. The van der Waals surface area contributed by atoms with Crippen molar-refractivity contribution < 1.29 is 18.9 Å². The molecular weight excluding hydrogens is 540 g/mol. The number of hydrogen-bond donors (Lipinski definition) is 0. The molecule has 208 valence electrons. The van der Waals surface area contributed by atoms with Crippen LogP contribution in [0.1, 0.15) is 22.3 Å². The van der Waals surface area contributed by atoms with Gasteiger partial charge in [-0.15, -0.1) is 11.8 Å². The van der Waals surface area contributed by atoms with E-state index in [2.05, 4.69) is 67.6 Å². The molecule has 5 atom stereocenters. The zero-order chi connectivity index (χ0) is 27.6. The van der Waals surface area contributed by atoms with Crippen LogP contribution < -0.4 is 0 Å². The highest BCUT2D eigenvalue weighted by Gasteiger charge is 2.47. The second-order valence-electron chi connectivity index (χ2n) is 9.94. The number of aryl methyl sites for hydroxylation is 1. The highest BCUT2D eigenvalue weighted by Crippen LogP contribution is 2.39. The fourth-order valence-corrected chi connectivity index (χ4v) is 6.27. The van der Waals surface area contributed by atoms with E-state index < -0.39 is 17.8 Å². The number of halogens is 1. The summed E-state index contributed by atoms with van der Waals surface area (Å²) >= 11 is 8.65. The summed E-state index contributed by atoms with van der Waals surface area (Å²) in [5.41, 5.74) is 3.91. The average molecular weight is 575 g/mol. The molecule has 0 unspecified atom stereocenters. The maximum atomic E-state index is 6.98. The van der Waals surface area contributed by atoms with E-state index in [1.807, 2.05) is 54.6 Å². The summed E-state index contributed by atoms with van der Waals surface area (Å²) in [5.74, 6) is 0. The third kappa shape index (κ3) is 8.20. The van der Waals surface area contributed by atoms with Gasteiger partial charge in [0.05, 0.1) is 31.7 Å². The Balaban J connectivity index is 1.39. The molecule has 0 aliphatic carbocycles. The van der Waals surface area contributed by atoms with Gasteiger partial charge >= 0.3 is 0 Å². The highest BCUT2D eigenvalue weighted by atomic mass is 35.5. The molecule has 4 aromatic rings. The van der Waals surface area contributed by atoms with E-state index >= 15 is 0 Å². The van der Waals surface area contributed by atoms with E-state index in [4.69, 9.17) is 30.5 Å². The first-order chi connectivity index (χ1) is 19.7. The third-order valence-corrected chi connectivity index (χ3v) is 8.69. The van der Waals surface area contributed by atoms with Crippen molar-refractivity contribution in [3.63, 3.8) is 0 Å². The molecule has 40 heavy (non-hydrogen) atoms. The monoisotopic (exact) mass is 574 g/mol. The number of alkyl halides is 1. The van der Waals surface area contributed by atoms with E-state index in [0.29, 0.717) is 26.4 Å². The van der Waals surface area contributed by atoms with Crippen molar-refractivity contribution >= 4 is 23.4 Å². The van der Waals surface area contributed by atoms with Crippen LogP contribution in [0.15, 0.2) is 120 Å². The molecular formula is C34H35ClO4S. The molecule has 0 bridgehead atoms. The molecule has 0 spiro atoms. The Bertz CT molecular complexity index is 1270. The number of thioether (sulfide) groups is 1. The first kappa shape index (κ1) is 28.9. The summed E-state index contributed by atoms with van der Waals surface area (Å²) in [6.07, 6.45) is -1.12. The van der Waals surface area contributed by atoms with Gasteiger partial charge in [0, 0.05) is 4.90 Å². The molecule has 4 aromatic carbocycles. The van der Waals surface area contributed by atoms with Gasteiger partial charge in [-0.1, -0.05) is 120 Å². The summed E-state index contributed by atoms with van der Waals surface area (Å²) in [5, 5.41) is -0.195. The quantitative estimate of drug-likeness (QED) is 0.161. The number of ether oxygens (including phenoxy) is 4. The zero-order valence-electron chi connectivity index (χ0n) is 22.6. The number of rotatable bonds is 12. The molecule has 5 rings (SSSR count). The van der Waals surface area contributed by atoms with Gasteiger partial charge in [0.15, 0.2) is 0 Å². The van der Waals surface area contributed by atoms with Gasteiger partial charge in [-0.2, -0.15) is 0 Å². The molecule has 0 aromatic heterocycles. The van der Waals surface area contributed by atoms with Crippen molar-refractivity contribution in [2.24, 2.45) is 0 Å². The van der Waals surface area contributed by atoms with Crippen LogP contribution >= 0.6 is 23.4 Å². The second kappa shape index (κ2) is 14.8. The largest absolute Gasteiger partial charge is 0.374 e. The van der Waals surface area contributed by atoms with Crippen LogP contribution in [0, 0.1) is 6.92 Å². The maximum absolute atomic E-state index is 6.98. The molecule has 1 saturated heterocycles. The summed E-state index contributed by atoms with van der Waals surface area (Å²) in [7, 11) is 0. The normalized spacial score (nSPS) is 22.7. The summed E-state index contributed by atoms with van der Waals surface area (Å²) < 4.78 is 25.9. The van der Waals surface area contributed by atoms with Gasteiger partial charge in [-0.25, -0.2) is 0 Å². The molecule has 1 fully saturated rings. The fraction of sp³-hybridized carbons (Fsp3) is 0.294. The average Bonchev–Trinajstić information content (AvgIpc) is 2.99. The Morgan fingerprint density at radius 3 is 1.70 bits per heavy atom. The van der Waals surface area contributed by atoms with E-state index in [1.165, 1.54) is 5.56 Å². The minimum Gasteiger partial charge on any atom is -0.374 e. The van der Waals surface area contributed by atoms with Gasteiger partial charge < -0.3 is 18.9 Å². The van der Waals surface area contributed by atoms with Crippen LogP contribution in [0.5, 0.6) is 0 Å². The minimum atomic E-state index is -0.589. The number of benzene rings is 4. The van der Waals surface area contributed by atoms with E-state index in [-0.39, 0.29) is 11.4 Å². The molecule has 0 radical (unpaired) electrons. The molecule has 1 aliphatic heterocycles. The van der Waals surface area contributed by atoms with Gasteiger partial charge in [0.2, 0.25) is 0 Å². The second-order valence-corrected chi connectivity index (χ2v) is 11.6. The van der Waals surface area contributed by atoms with Gasteiger partial charge in [0.25, 0.3) is 0 Å². The first-order valence-corrected chi connectivity index (χ1v) is 14.9. The van der Waals surface area contributed by atoms with Crippen molar-refractivity contribution in [1.82, 2.24) is 0 Å². The van der Waals surface area contributed by atoms with Gasteiger partial charge in [-0.05, 0) is 35.7 Å². The lowest BCUT2D eigenvalue weighted by Gasteiger charge is -2.44. The topological polar surface area (TPSA) is 36.9 Å². The standard InChI is InChI=1S/C34H35ClO4S/c1-25-17-19-29(20-18-25)40-33-32(38-23-28-15-9-4-10-16-28)31(37-22-27-13-7-3-8-14-27)30(39-34(33)35)24-36-21-26-11-5-2-6-12-26/h2-20,30-34H,21-24H2,1H3/t30-,31+,32+,33-,34-/m1/s1. The van der Waals surface area contributed by atoms with Gasteiger partial charge in [0.1, 0.15) is 23.9 Å². The minimum absolute atomic E-state index is 0.195. The highest BCUT2D eigenvalue weighted by molar-refractivity contribution is 8.00. The molecule has 0 N–H and O–H groups in total. The van der Waals surface area contributed by atoms with E-state index in [1.54, 1.807) is 11.8 Å². The summed E-state index contributed by atoms with van der Waals surface area (Å²) in [4.78, 5) is 1.11. The van der Waals surface area contributed by atoms with Crippen LogP contribution in [0.25, 0.3) is 0 Å². The lowest BCUT2D eigenvalue weighted by atomic mass is 10.0. The predicted molar refractivity (Wildman–Crippen MR) is 161 cm³/mol. The van der Waals surface area contributed by atoms with Crippen LogP contribution in [0.4, 0.5) is 0 Å². The predicted octanol–water partition coefficient (Wildman–Crippen LogP) is 7.81.